The van der Waals surface area contributed by atoms with Gasteiger partial charge in [0.05, 0.1) is 18.6 Å². The Morgan fingerprint density at radius 3 is 2.89 bits per heavy atom. The molecule has 1 saturated heterocycles. The van der Waals surface area contributed by atoms with Crippen LogP contribution in [0.2, 0.25) is 0 Å². The highest BCUT2D eigenvalue weighted by Gasteiger charge is 2.24. The van der Waals surface area contributed by atoms with Gasteiger partial charge in [0.2, 0.25) is 0 Å². The van der Waals surface area contributed by atoms with E-state index in [1.54, 1.807) is 6.07 Å². The van der Waals surface area contributed by atoms with Crippen LogP contribution in [-0.4, -0.2) is 33.1 Å². The van der Waals surface area contributed by atoms with Crippen molar-refractivity contribution < 1.29 is 17.5 Å². The molecule has 0 aromatic heterocycles. The Bertz CT molecular complexity index is 530. The molecule has 1 heterocycles. The summed E-state index contributed by atoms with van der Waals surface area (Å²) in [6.45, 7) is 0. The van der Waals surface area contributed by atoms with Crippen LogP contribution in [0.3, 0.4) is 0 Å². The van der Waals surface area contributed by atoms with Gasteiger partial charge in [-0.3, -0.25) is 0 Å². The largest absolute Gasteiger partial charge is 0.494 e. The summed E-state index contributed by atoms with van der Waals surface area (Å²) in [6.07, 6.45) is 1.47. The fourth-order valence-electron chi connectivity index (χ4n) is 2.12. The fraction of sp³-hybridized carbons (Fsp3) is 0.500. The van der Waals surface area contributed by atoms with E-state index < -0.39 is 15.7 Å². The second-order valence-electron chi connectivity index (χ2n) is 4.45. The van der Waals surface area contributed by atoms with Crippen molar-refractivity contribution in [2.24, 2.45) is 0 Å². The molecule has 1 aliphatic rings. The SMILES string of the molecule is COc1cc(NC2CCCS(=O)(=O)C2)ccc1F. The van der Waals surface area contributed by atoms with Gasteiger partial charge in [0.15, 0.2) is 21.4 Å². The zero-order valence-corrected chi connectivity index (χ0v) is 11.0. The average Bonchev–Trinajstić information content (AvgIpc) is 2.30. The third-order valence-corrected chi connectivity index (χ3v) is 4.81. The minimum Gasteiger partial charge on any atom is -0.494 e. The van der Waals surface area contributed by atoms with Crippen molar-refractivity contribution in [3.8, 4) is 5.75 Å². The lowest BCUT2D eigenvalue weighted by Crippen LogP contribution is -2.34. The van der Waals surface area contributed by atoms with E-state index in [2.05, 4.69) is 5.32 Å². The Morgan fingerprint density at radius 1 is 1.44 bits per heavy atom. The van der Waals surface area contributed by atoms with Crippen LogP contribution in [0, 0.1) is 5.82 Å². The summed E-state index contributed by atoms with van der Waals surface area (Å²) < 4.78 is 41.1. The Morgan fingerprint density at radius 2 is 2.22 bits per heavy atom. The molecule has 0 bridgehead atoms. The molecule has 2 rings (SSSR count). The van der Waals surface area contributed by atoms with Gasteiger partial charge in [-0.25, -0.2) is 12.8 Å². The number of nitrogens with one attached hydrogen (secondary N) is 1. The van der Waals surface area contributed by atoms with Gasteiger partial charge in [0, 0.05) is 17.8 Å². The smallest absolute Gasteiger partial charge is 0.165 e. The monoisotopic (exact) mass is 273 g/mol. The molecule has 1 atom stereocenters. The van der Waals surface area contributed by atoms with Crippen molar-refractivity contribution in [3.63, 3.8) is 0 Å². The van der Waals surface area contributed by atoms with E-state index in [-0.39, 0.29) is 23.3 Å². The predicted molar refractivity (Wildman–Crippen MR) is 68.3 cm³/mol. The summed E-state index contributed by atoms with van der Waals surface area (Å²) in [5.41, 5.74) is 0.676. The summed E-state index contributed by atoms with van der Waals surface area (Å²) >= 11 is 0. The van der Waals surface area contributed by atoms with E-state index in [4.69, 9.17) is 4.74 Å². The highest BCUT2D eigenvalue weighted by molar-refractivity contribution is 7.91. The number of ether oxygens (including phenoxy) is 1. The Balaban J connectivity index is 2.09. The van der Waals surface area contributed by atoms with E-state index in [1.165, 1.54) is 19.2 Å². The van der Waals surface area contributed by atoms with Gasteiger partial charge in [-0.05, 0) is 25.0 Å². The summed E-state index contributed by atoms with van der Waals surface area (Å²) in [7, 11) is -1.55. The number of anilines is 1. The summed E-state index contributed by atoms with van der Waals surface area (Å²) in [4.78, 5) is 0. The molecule has 0 amide bonds. The lowest BCUT2D eigenvalue weighted by molar-refractivity contribution is 0.386. The van der Waals surface area contributed by atoms with Crippen LogP contribution < -0.4 is 10.1 Å². The summed E-state index contributed by atoms with van der Waals surface area (Å²) in [5, 5.41) is 3.11. The first kappa shape index (κ1) is 13.1. The van der Waals surface area contributed by atoms with E-state index in [0.29, 0.717) is 12.1 Å². The van der Waals surface area contributed by atoms with Gasteiger partial charge >= 0.3 is 0 Å². The number of benzene rings is 1. The minimum absolute atomic E-state index is 0.112. The first-order valence-electron chi connectivity index (χ1n) is 5.81. The van der Waals surface area contributed by atoms with Crippen molar-refractivity contribution in [3.05, 3.63) is 24.0 Å². The highest BCUT2D eigenvalue weighted by Crippen LogP contribution is 2.23. The molecule has 1 aromatic carbocycles. The zero-order valence-electron chi connectivity index (χ0n) is 10.1. The van der Waals surface area contributed by atoms with Gasteiger partial charge in [0.25, 0.3) is 0 Å². The molecule has 0 spiro atoms. The van der Waals surface area contributed by atoms with Crippen molar-refractivity contribution in [2.75, 3.05) is 23.9 Å². The third kappa shape index (κ3) is 3.13. The normalized spacial score (nSPS) is 22.4. The number of halogens is 1. The standard InChI is InChI=1S/C12H16FNO3S/c1-17-12-7-9(4-5-11(12)13)14-10-3-2-6-18(15,16)8-10/h4-5,7,10,14H,2-3,6,8H2,1H3. The fourth-order valence-corrected chi connectivity index (χ4v) is 3.76. The molecule has 0 radical (unpaired) electrons. The summed E-state index contributed by atoms with van der Waals surface area (Å²) in [5.74, 6) is 0.114. The number of methoxy groups -OCH3 is 1. The van der Waals surface area contributed by atoms with E-state index >= 15 is 0 Å². The molecule has 1 aromatic rings. The van der Waals surface area contributed by atoms with Gasteiger partial charge in [-0.1, -0.05) is 0 Å². The molecule has 100 valence electrons. The molecule has 1 aliphatic heterocycles. The van der Waals surface area contributed by atoms with E-state index in [1.807, 2.05) is 0 Å². The van der Waals surface area contributed by atoms with Crippen LogP contribution in [0.5, 0.6) is 5.75 Å². The maximum atomic E-state index is 13.2. The molecule has 1 fully saturated rings. The van der Waals surface area contributed by atoms with E-state index in [9.17, 15) is 12.8 Å². The molecule has 0 aliphatic carbocycles. The molecule has 6 heteroatoms. The van der Waals surface area contributed by atoms with Crippen LogP contribution in [0.15, 0.2) is 18.2 Å². The van der Waals surface area contributed by atoms with Crippen LogP contribution in [-0.2, 0) is 9.84 Å². The molecule has 0 saturated carbocycles. The molecular formula is C12H16FNO3S. The number of hydrogen-bond donors (Lipinski definition) is 1. The van der Waals surface area contributed by atoms with Crippen molar-refractivity contribution >= 4 is 15.5 Å². The number of hydrogen-bond acceptors (Lipinski definition) is 4. The predicted octanol–water partition coefficient (Wildman–Crippen LogP) is 1.82. The van der Waals surface area contributed by atoms with Gasteiger partial charge in [0.1, 0.15) is 0 Å². The first-order valence-corrected chi connectivity index (χ1v) is 7.63. The quantitative estimate of drug-likeness (QED) is 0.912. The van der Waals surface area contributed by atoms with Gasteiger partial charge in [-0.15, -0.1) is 0 Å². The zero-order chi connectivity index (χ0) is 13.2. The van der Waals surface area contributed by atoms with E-state index in [0.717, 1.165) is 6.42 Å². The van der Waals surface area contributed by atoms with Crippen LogP contribution in [0.4, 0.5) is 10.1 Å². The van der Waals surface area contributed by atoms with Crippen LogP contribution in [0.25, 0.3) is 0 Å². The molecular weight excluding hydrogens is 257 g/mol. The lowest BCUT2D eigenvalue weighted by Gasteiger charge is -2.24. The van der Waals surface area contributed by atoms with Crippen LogP contribution >= 0.6 is 0 Å². The second-order valence-corrected chi connectivity index (χ2v) is 6.68. The topological polar surface area (TPSA) is 55.4 Å². The minimum atomic E-state index is -2.94. The molecule has 1 unspecified atom stereocenters. The third-order valence-electron chi connectivity index (χ3n) is 2.98. The first-order chi connectivity index (χ1) is 8.50. The molecule has 18 heavy (non-hydrogen) atoms. The summed E-state index contributed by atoms with van der Waals surface area (Å²) in [6, 6.07) is 4.31. The number of rotatable bonds is 3. The van der Waals surface area contributed by atoms with Crippen molar-refractivity contribution in [2.45, 2.75) is 18.9 Å². The molecule has 4 nitrogen and oxygen atoms in total. The van der Waals surface area contributed by atoms with Crippen molar-refractivity contribution in [1.82, 2.24) is 0 Å². The Hall–Kier alpha value is -1.30. The van der Waals surface area contributed by atoms with Crippen molar-refractivity contribution in [1.29, 1.82) is 0 Å². The van der Waals surface area contributed by atoms with Crippen LogP contribution in [0.1, 0.15) is 12.8 Å². The number of sulfone groups is 1. The Labute approximate surface area is 106 Å². The second kappa shape index (κ2) is 5.14. The van der Waals surface area contributed by atoms with Gasteiger partial charge < -0.3 is 10.1 Å². The molecule has 1 N–H and O–H groups in total. The van der Waals surface area contributed by atoms with Gasteiger partial charge in [-0.2, -0.15) is 0 Å². The maximum absolute atomic E-state index is 13.2. The lowest BCUT2D eigenvalue weighted by atomic mass is 10.1. The highest BCUT2D eigenvalue weighted by atomic mass is 32.2. The maximum Gasteiger partial charge on any atom is 0.165 e. The Kier molecular flexibility index (Phi) is 3.75. The average molecular weight is 273 g/mol.